The maximum absolute atomic E-state index is 12.5. The van der Waals surface area contributed by atoms with Gasteiger partial charge in [0.15, 0.2) is 6.10 Å². The Labute approximate surface area is 170 Å². The minimum atomic E-state index is -0.579. The van der Waals surface area contributed by atoms with Gasteiger partial charge in [0.2, 0.25) is 5.91 Å². The van der Waals surface area contributed by atoms with Gasteiger partial charge in [0, 0.05) is 31.6 Å². The van der Waals surface area contributed by atoms with Crippen LogP contribution in [0.3, 0.4) is 0 Å². The fourth-order valence-corrected chi connectivity index (χ4v) is 3.18. The lowest BCUT2D eigenvalue weighted by atomic mass is 10.1. The monoisotopic (exact) mass is 395 g/mol. The molecule has 3 amide bonds. The molecule has 7 nitrogen and oxygen atoms in total. The first-order chi connectivity index (χ1) is 14.0. The number of hydrogen-bond acceptors (Lipinski definition) is 4. The molecule has 152 valence electrons. The summed E-state index contributed by atoms with van der Waals surface area (Å²) >= 11 is 0. The van der Waals surface area contributed by atoms with Gasteiger partial charge in [-0.25, -0.2) is 0 Å². The number of rotatable bonds is 7. The summed E-state index contributed by atoms with van der Waals surface area (Å²) in [7, 11) is 0. The molecule has 0 spiro atoms. The molecular weight excluding hydrogens is 370 g/mol. The quantitative estimate of drug-likeness (QED) is 0.753. The first-order valence-electron chi connectivity index (χ1n) is 9.70. The zero-order valence-electron chi connectivity index (χ0n) is 16.6. The van der Waals surface area contributed by atoms with Gasteiger partial charge in [-0.3, -0.25) is 14.4 Å². The summed E-state index contributed by atoms with van der Waals surface area (Å²) in [4.78, 5) is 38.3. The molecule has 0 fully saturated rings. The Balaban J connectivity index is 1.56. The largest absolute Gasteiger partial charge is 0.479 e. The smallest absolute Gasteiger partial charge is 0.267 e. The van der Waals surface area contributed by atoms with Crippen molar-refractivity contribution < 1.29 is 19.1 Å². The zero-order valence-corrected chi connectivity index (χ0v) is 16.6. The molecule has 0 aliphatic carbocycles. The number of nitrogens with zero attached hydrogens (tertiary/aromatic N) is 1. The van der Waals surface area contributed by atoms with Crippen LogP contribution in [0.15, 0.2) is 48.5 Å². The third-order valence-corrected chi connectivity index (χ3v) is 4.65. The van der Waals surface area contributed by atoms with Crippen molar-refractivity contribution in [2.75, 3.05) is 18.0 Å². The summed E-state index contributed by atoms with van der Waals surface area (Å²) < 4.78 is 5.61. The highest BCUT2D eigenvalue weighted by atomic mass is 16.5. The van der Waals surface area contributed by atoms with Crippen LogP contribution in [0.5, 0.6) is 5.75 Å². The summed E-state index contributed by atoms with van der Waals surface area (Å²) in [6, 6.07) is 14.4. The van der Waals surface area contributed by atoms with Crippen molar-refractivity contribution in [2.45, 2.75) is 32.9 Å². The topological polar surface area (TPSA) is 87.7 Å². The molecule has 1 unspecified atom stereocenters. The summed E-state index contributed by atoms with van der Waals surface area (Å²) in [5, 5.41) is 5.60. The molecule has 29 heavy (non-hydrogen) atoms. The maximum Gasteiger partial charge on any atom is 0.267 e. The average molecular weight is 395 g/mol. The van der Waals surface area contributed by atoms with Gasteiger partial charge in [0.25, 0.3) is 11.8 Å². The van der Waals surface area contributed by atoms with E-state index in [9.17, 15) is 14.4 Å². The zero-order chi connectivity index (χ0) is 20.8. The molecule has 2 N–H and O–H groups in total. The fourth-order valence-electron chi connectivity index (χ4n) is 3.18. The van der Waals surface area contributed by atoms with Gasteiger partial charge < -0.3 is 20.3 Å². The summed E-state index contributed by atoms with van der Waals surface area (Å²) in [5.74, 6) is 0.172. The number of carbonyl (C=O) groups is 3. The summed E-state index contributed by atoms with van der Waals surface area (Å²) in [5.41, 5.74) is 2.07. The molecule has 0 aromatic heterocycles. The number of fused-ring (bicyclic) bond motifs is 1. The van der Waals surface area contributed by atoms with Crippen LogP contribution in [0.2, 0.25) is 0 Å². The lowest BCUT2D eigenvalue weighted by Gasteiger charge is -2.32. The van der Waals surface area contributed by atoms with Crippen molar-refractivity contribution in [3.8, 4) is 5.75 Å². The minimum absolute atomic E-state index is 0.140. The summed E-state index contributed by atoms with van der Waals surface area (Å²) in [6.07, 6.45) is -0.409. The number of carbonyl (C=O) groups excluding carboxylic acids is 3. The lowest BCUT2D eigenvalue weighted by Crippen LogP contribution is -2.45. The number of hydrogen-bond donors (Lipinski definition) is 2. The van der Waals surface area contributed by atoms with Gasteiger partial charge in [0.1, 0.15) is 5.75 Å². The molecule has 1 aliphatic rings. The Kier molecular flexibility index (Phi) is 6.49. The van der Waals surface area contributed by atoms with Crippen LogP contribution in [0.25, 0.3) is 0 Å². The van der Waals surface area contributed by atoms with Gasteiger partial charge in [-0.1, -0.05) is 24.3 Å². The molecule has 2 aromatic carbocycles. The van der Waals surface area contributed by atoms with Crippen LogP contribution in [-0.4, -0.2) is 36.9 Å². The van der Waals surface area contributed by atoms with Crippen molar-refractivity contribution in [2.24, 2.45) is 0 Å². The van der Waals surface area contributed by atoms with Gasteiger partial charge in [-0.2, -0.15) is 0 Å². The van der Waals surface area contributed by atoms with Crippen molar-refractivity contribution >= 4 is 23.4 Å². The number of benzene rings is 2. The second kappa shape index (κ2) is 9.23. The highest BCUT2D eigenvalue weighted by Crippen LogP contribution is 2.33. The van der Waals surface area contributed by atoms with Crippen LogP contribution >= 0.6 is 0 Å². The molecular formula is C22H25N3O4. The van der Waals surface area contributed by atoms with Crippen LogP contribution in [-0.2, 0) is 16.1 Å². The van der Waals surface area contributed by atoms with E-state index < -0.39 is 6.10 Å². The number of para-hydroxylation sites is 2. The first kappa shape index (κ1) is 20.4. The van der Waals surface area contributed by atoms with Crippen LogP contribution in [0.4, 0.5) is 5.69 Å². The second-order valence-electron chi connectivity index (χ2n) is 6.80. The third-order valence-electron chi connectivity index (χ3n) is 4.65. The van der Waals surface area contributed by atoms with E-state index in [1.807, 2.05) is 37.3 Å². The van der Waals surface area contributed by atoms with Gasteiger partial charge >= 0.3 is 0 Å². The van der Waals surface area contributed by atoms with E-state index in [-0.39, 0.29) is 30.7 Å². The highest BCUT2D eigenvalue weighted by Gasteiger charge is 2.31. The number of amides is 3. The fraction of sp³-hybridized carbons (Fsp3) is 0.318. The van der Waals surface area contributed by atoms with Crippen molar-refractivity contribution in [3.05, 3.63) is 59.7 Å². The minimum Gasteiger partial charge on any atom is -0.479 e. The van der Waals surface area contributed by atoms with E-state index >= 15 is 0 Å². The molecule has 0 saturated heterocycles. The highest BCUT2D eigenvalue weighted by molar-refractivity contribution is 6.00. The normalized spacial score (nSPS) is 15.3. The Morgan fingerprint density at radius 3 is 2.69 bits per heavy atom. The van der Waals surface area contributed by atoms with Crippen LogP contribution in [0.1, 0.15) is 36.2 Å². The van der Waals surface area contributed by atoms with E-state index in [0.717, 1.165) is 5.56 Å². The standard InChI is InChI=1S/C22H25N3O4/c1-3-23-21(27)17-8-6-7-16(13-17)14-24-20(26)11-12-25-18-9-4-5-10-19(18)29-15(2)22(25)28/h4-10,13,15H,3,11-12,14H2,1-2H3,(H,23,27)(H,24,26). The molecule has 3 rings (SSSR count). The number of nitrogens with one attached hydrogen (secondary N) is 2. The van der Waals surface area contributed by atoms with E-state index in [0.29, 0.717) is 30.1 Å². The van der Waals surface area contributed by atoms with Gasteiger partial charge in [0.05, 0.1) is 5.69 Å². The van der Waals surface area contributed by atoms with E-state index in [1.165, 1.54) is 0 Å². The van der Waals surface area contributed by atoms with Crippen molar-refractivity contribution in [1.82, 2.24) is 10.6 Å². The molecule has 1 heterocycles. The predicted molar refractivity (Wildman–Crippen MR) is 110 cm³/mol. The Morgan fingerprint density at radius 1 is 1.10 bits per heavy atom. The maximum atomic E-state index is 12.5. The molecule has 1 aliphatic heterocycles. The lowest BCUT2D eigenvalue weighted by molar-refractivity contribution is -0.125. The number of ether oxygens (including phenoxy) is 1. The first-order valence-corrected chi connectivity index (χ1v) is 9.70. The van der Waals surface area contributed by atoms with Gasteiger partial charge in [-0.15, -0.1) is 0 Å². The van der Waals surface area contributed by atoms with Crippen molar-refractivity contribution in [3.63, 3.8) is 0 Å². The second-order valence-corrected chi connectivity index (χ2v) is 6.80. The third kappa shape index (κ3) is 4.93. The Morgan fingerprint density at radius 2 is 1.90 bits per heavy atom. The molecule has 2 aromatic rings. The SMILES string of the molecule is CCNC(=O)c1cccc(CNC(=O)CCN2C(=O)C(C)Oc3ccccc32)c1. The molecule has 0 bridgehead atoms. The van der Waals surface area contributed by atoms with E-state index in [2.05, 4.69) is 10.6 Å². The molecule has 1 atom stereocenters. The van der Waals surface area contributed by atoms with Crippen LogP contribution < -0.4 is 20.3 Å². The van der Waals surface area contributed by atoms with Crippen molar-refractivity contribution in [1.29, 1.82) is 0 Å². The average Bonchev–Trinajstić information content (AvgIpc) is 2.73. The number of anilines is 1. The van der Waals surface area contributed by atoms with E-state index in [4.69, 9.17) is 4.74 Å². The Bertz CT molecular complexity index is 912. The molecule has 0 radical (unpaired) electrons. The van der Waals surface area contributed by atoms with Crippen LogP contribution in [0, 0.1) is 0 Å². The van der Waals surface area contributed by atoms with Gasteiger partial charge in [-0.05, 0) is 43.7 Å². The molecule has 0 saturated carbocycles. The molecule has 7 heteroatoms. The Hall–Kier alpha value is -3.35. The predicted octanol–water partition coefficient (Wildman–Crippen LogP) is 2.26. The van der Waals surface area contributed by atoms with E-state index in [1.54, 1.807) is 30.0 Å². The summed E-state index contributed by atoms with van der Waals surface area (Å²) in [6.45, 7) is 4.71.